The Morgan fingerprint density at radius 3 is 2.77 bits per heavy atom. The van der Waals surface area contributed by atoms with Crippen molar-refractivity contribution in [3.8, 4) is 0 Å². The largest absolute Gasteiger partial charge is 0.363 e. The topological polar surface area (TPSA) is 52.6 Å². The first-order valence-electron chi connectivity index (χ1n) is 9.08. The lowest BCUT2D eigenvalue weighted by molar-refractivity contribution is 0.463. The van der Waals surface area contributed by atoms with Gasteiger partial charge in [-0.15, -0.1) is 35.3 Å². The highest BCUT2D eigenvalue weighted by atomic mass is 127. The fourth-order valence-electron chi connectivity index (χ4n) is 3.04. The monoisotopic (exact) mass is 485 g/mol. The minimum absolute atomic E-state index is 0. The Hall–Kier alpha value is -1.35. The van der Waals surface area contributed by atoms with Crippen LogP contribution in [-0.4, -0.2) is 43.2 Å². The number of nitrogens with zero attached hydrogens (tertiary/aromatic N) is 3. The fourth-order valence-corrected chi connectivity index (χ4v) is 3.82. The fraction of sp³-hybridized carbons (Fsp3) is 0.474. The molecule has 2 aromatic heterocycles. The van der Waals surface area contributed by atoms with Crippen LogP contribution in [0.15, 0.2) is 46.9 Å². The molecule has 1 aliphatic rings. The Kier molecular flexibility index (Phi) is 9.17. The van der Waals surface area contributed by atoms with Gasteiger partial charge in [0, 0.05) is 50.5 Å². The van der Waals surface area contributed by atoms with E-state index in [9.17, 15) is 0 Å². The number of hydrogen-bond acceptors (Lipinski definition) is 4. The molecule has 7 heteroatoms. The van der Waals surface area contributed by atoms with Crippen LogP contribution < -0.4 is 15.5 Å². The van der Waals surface area contributed by atoms with Crippen LogP contribution >= 0.6 is 35.3 Å². The van der Waals surface area contributed by atoms with Crippen LogP contribution in [0.4, 0.5) is 5.00 Å². The second-order valence-corrected chi connectivity index (χ2v) is 7.11. The van der Waals surface area contributed by atoms with Crippen molar-refractivity contribution in [3.63, 3.8) is 0 Å². The molecular formula is C19H28IN5S. The van der Waals surface area contributed by atoms with E-state index < -0.39 is 0 Å². The Balaban J connectivity index is 0.00000243. The van der Waals surface area contributed by atoms with Crippen molar-refractivity contribution in [2.75, 3.05) is 31.1 Å². The summed E-state index contributed by atoms with van der Waals surface area (Å²) < 4.78 is 0. The quantitative estimate of drug-likeness (QED) is 0.374. The molecular weight excluding hydrogens is 457 g/mol. The number of guanidine groups is 1. The van der Waals surface area contributed by atoms with E-state index in [1.165, 1.54) is 5.00 Å². The van der Waals surface area contributed by atoms with Gasteiger partial charge in [-0.1, -0.05) is 6.07 Å². The summed E-state index contributed by atoms with van der Waals surface area (Å²) in [5, 5.41) is 10.5. The number of piperidine rings is 1. The summed E-state index contributed by atoms with van der Waals surface area (Å²) in [6, 6.07) is 10.8. The molecule has 0 aromatic carbocycles. The molecule has 3 rings (SSSR count). The summed E-state index contributed by atoms with van der Waals surface area (Å²) >= 11 is 1.83. The third-order valence-electron chi connectivity index (χ3n) is 4.36. The van der Waals surface area contributed by atoms with Gasteiger partial charge in [0.1, 0.15) is 0 Å². The summed E-state index contributed by atoms with van der Waals surface area (Å²) in [6.07, 6.45) is 4.99. The number of aliphatic imine (C=N–C) groups is 1. The standard InChI is InChI=1S/C19H27N5S.HI/c1-2-20-19(22-12-8-16-6-3-4-11-21-16)23-17-9-13-24(14-10-17)18-7-5-15-25-18;/h3-7,11,15,17H,2,8-10,12-14H2,1H3,(H2,20,22,23);1H. The van der Waals surface area contributed by atoms with Crippen LogP contribution in [0.2, 0.25) is 0 Å². The number of thiophene rings is 1. The number of rotatable bonds is 6. The average Bonchev–Trinajstić information content (AvgIpc) is 3.18. The molecule has 2 aromatic rings. The van der Waals surface area contributed by atoms with Crippen molar-refractivity contribution < 1.29 is 0 Å². The van der Waals surface area contributed by atoms with Crippen LogP contribution in [0.3, 0.4) is 0 Å². The van der Waals surface area contributed by atoms with Gasteiger partial charge in [0.15, 0.2) is 5.96 Å². The third kappa shape index (κ3) is 6.42. The summed E-state index contributed by atoms with van der Waals surface area (Å²) in [5.74, 6) is 0.924. The molecule has 0 bridgehead atoms. The number of anilines is 1. The number of hydrogen-bond donors (Lipinski definition) is 2. The predicted molar refractivity (Wildman–Crippen MR) is 122 cm³/mol. The van der Waals surface area contributed by atoms with Crippen molar-refractivity contribution >= 4 is 46.3 Å². The van der Waals surface area contributed by atoms with E-state index in [-0.39, 0.29) is 24.0 Å². The minimum Gasteiger partial charge on any atom is -0.363 e. The predicted octanol–water partition coefficient (Wildman–Crippen LogP) is 3.53. The summed E-state index contributed by atoms with van der Waals surface area (Å²) in [7, 11) is 0. The van der Waals surface area contributed by atoms with Gasteiger partial charge < -0.3 is 15.5 Å². The Morgan fingerprint density at radius 2 is 2.12 bits per heavy atom. The second-order valence-electron chi connectivity index (χ2n) is 6.19. The van der Waals surface area contributed by atoms with Gasteiger partial charge in [-0.3, -0.25) is 9.98 Å². The van der Waals surface area contributed by atoms with Crippen LogP contribution in [0.1, 0.15) is 25.5 Å². The highest BCUT2D eigenvalue weighted by Crippen LogP contribution is 2.24. The number of nitrogens with one attached hydrogen (secondary N) is 2. The lowest BCUT2D eigenvalue weighted by atomic mass is 10.1. The minimum atomic E-state index is 0. The molecule has 0 amide bonds. The smallest absolute Gasteiger partial charge is 0.191 e. The summed E-state index contributed by atoms with van der Waals surface area (Å²) in [6.45, 7) is 5.94. The van der Waals surface area contributed by atoms with E-state index in [4.69, 9.17) is 4.99 Å². The van der Waals surface area contributed by atoms with Crippen molar-refractivity contribution in [1.29, 1.82) is 0 Å². The molecule has 0 spiro atoms. The van der Waals surface area contributed by atoms with E-state index in [1.54, 1.807) is 0 Å². The molecule has 0 saturated carbocycles. The summed E-state index contributed by atoms with van der Waals surface area (Å²) in [4.78, 5) is 11.6. The van der Waals surface area contributed by atoms with Gasteiger partial charge >= 0.3 is 0 Å². The second kappa shape index (κ2) is 11.4. The lowest BCUT2D eigenvalue weighted by Gasteiger charge is -2.33. The van der Waals surface area contributed by atoms with Crippen molar-refractivity contribution in [2.24, 2.45) is 4.99 Å². The first-order valence-corrected chi connectivity index (χ1v) is 9.96. The maximum atomic E-state index is 4.71. The molecule has 0 aliphatic carbocycles. The highest BCUT2D eigenvalue weighted by molar-refractivity contribution is 14.0. The van der Waals surface area contributed by atoms with Gasteiger partial charge in [0.25, 0.3) is 0 Å². The molecule has 26 heavy (non-hydrogen) atoms. The molecule has 5 nitrogen and oxygen atoms in total. The van der Waals surface area contributed by atoms with E-state index in [0.717, 1.165) is 57.1 Å². The van der Waals surface area contributed by atoms with Crippen molar-refractivity contribution in [3.05, 3.63) is 47.6 Å². The van der Waals surface area contributed by atoms with Gasteiger partial charge in [0.2, 0.25) is 0 Å². The molecule has 1 saturated heterocycles. The van der Waals surface area contributed by atoms with Crippen LogP contribution in [0.25, 0.3) is 0 Å². The first kappa shape index (κ1) is 21.0. The molecule has 3 heterocycles. The maximum absolute atomic E-state index is 4.71. The zero-order valence-electron chi connectivity index (χ0n) is 15.2. The van der Waals surface area contributed by atoms with Gasteiger partial charge in [-0.2, -0.15) is 0 Å². The number of pyridine rings is 1. The molecule has 1 aliphatic heterocycles. The molecule has 142 valence electrons. The van der Waals surface area contributed by atoms with Crippen LogP contribution in [0, 0.1) is 0 Å². The number of halogens is 1. The Bertz CT molecular complexity index is 639. The van der Waals surface area contributed by atoms with E-state index in [1.807, 2.05) is 29.7 Å². The Labute approximate surface area is 177 Å². The van der Waals surface area contributed by atoms with E-state index >= 15 is 0 Å². The van der Waals surface area contributed by atoms with Gasteiger partial charge in [-0.05, 0) is 49.4 Å². The first-order chi connectivity index (χ1) is 12.3. The van der Waals surface area contributed by atoms with E-state index in [0.29, 0.717) is 6.04 Å². The molecule has 1 fully saturated rings. The van der Waals surface area contributed by atoms with E-state index in [2.05, 4.69) is 51.0 Å². The normalized spacial score (nSPS) is 15.4. The molecule has 0 unspecified atom stereocenters. The molecule has 0 radical (unpaired) electrons. The van der Waals surface area contributed by atoms with Crippen LogP contribution in [0.5, 0.6) is 0 Å². The van der Waals surface area contributed by atoms with Crippen molar-refractivity contribution in [2.45, 2.75) is 32.2 Å². The van der Waals surface area contributed by atoms with Crippen LogP contribution in [-0.2, 0) is 6.42 Å². The summed E-state index contributed by atoms with van der Waals surface area (Å²) in [5.41, 5.74) is 1.09. The molecule has 2 N–H and O–H groups in total. The van der Waals surface area contributed by atoms with Crippen molar-refractivity contribution in [1.82, 2.24) is 15.6 Å². The third-order valence-corrected chi connectivity index (χ3v) is 5.29. The number of aromatic nitrogens is 1. The van der Waals surface area contributed by atoms with Gasteiger partial charge in [0.05, 0.1) is 5.00 Å². The molecule has 0 atom stereocenters. The SMILES string of the molecule is CCNC(=NCCc1ccccn1)NC1CCN(c2cccs2)CC1.I. The Morgan fingerprint density at radius 1 is 1.27 bits per heavy atom. The lowest BCUT2D eigenvalue weighted by Crippen LogP contribution is -2.48. The average molecular weight is 485 g/mol. The zero-order valence-corrected chi connectivity index (χ0v) is 18.4. The maximum Gasteiger partial charge on any atom is 0.191 e. The highest BCUT2D eigenvalue weighted by Gasteiger charge is 2.20. The zero-order chi connectivity index (χ0) is 17.3. The van der Waals surface area contributed by atoms with Gasteiger partial charge in [-0.25, -0.2) is 0 Å².